The Bertz CT molecular complexity index is 1140. The van der Waals surface area contributed by atoms with Gasteiger partial charge in [-0.2, -0.15) is 3.97 Å². The molecule has 0 saturated carbocycles. The lowest BCUT2D eigenvalue weighted by atomic mass is 10.1. The highest BCUT2D eigenvalue weighted by atomic mass is 32.2. The highest BCUT2D eigenvalue weighted by molar-refractivity contribution is 7.90. The first-order valence-electron chi connectivity index (χ1n) is 8.14. The van der Waals surface area contributed by atoms with Gasteiger partial charge in [-0.25, -0.2) is 17.8 Å². The maximum atomic E-state index is 12.7. The maximum Gasteiger partial charge on any atom is 0.349 e. The second-order valence-electron chi connectivity index (χ2n) is 5.99. The minimum absolute atomic E-state index is 0.0153. The van der Waals surface area contributed by atoms with E-state index in [-0.39, 0.29) is 4.90 Å². The predicted octanol–water partition coefficient (Wildman–Crippen LogP) is 2.22. The van der Waals surface area contributed by atoms with Gasteiger partial charge in [0.2, 0.25) is 0 Å². The van der Waals surface area contributed by atoms with Crippen LogP contribution in [0.15, 0.2) is 70.6 Å². The van der Waals surface area contributed by atoms with Crippen LogP contribution in [0.5, 0.6) is 5.75 Å². The monoisotopic (exact) mass is 386 g/mol. The first kappa shape index (κ1) is 18.7. The number of nitrogens with zero attached hydrogens (tertiary/aromatic N) is 2. The number of para-hydroxylation sites is 1. The van der Waals surface area contributed by atoms with Gasteiger partial charge in [-0.3, -0.25) is 4.79 Å². The average molecular weight is 386 g/mol. The first-order chi connectivity index (χ1) is 12.8. The van der Waals surface area contributed by atoms with Crippen LogP contribution in [0.3, 0.4) is 0 Å². The molecule has 0 radical (unpaired) electrons. The highest BCUT2D eigenvalue weighted by Gasteiger charge is 2.23. The zero-order valence-electron chi connectivity index (χ0n) is 14.8. The number of rotatable bonds is 5. The van der Waals surface area contributed by atoms with Crippen LogP contribution < -0.4 is 10.4 Å². The van der Waals surface area contributed by atoms with Gasteiger partial charge in [0.1, 0.15) is 5.75 Å². The van der Waals surface area contributed by atoms with Gasteiger partial charge in [-0.15, -0.1) is 0 Å². The number of aromatic nitrogens is 2. The van der Waals surface area contributed by atoms with Crippen LogP contribution in [0.25, 0.3) is 0 Å². The molecule has 27 heavy (non-hydrogen) atoms. The summed E-state index contributed by atoms with van der Waals surface area (Å²) in [6.45, 7) is 3.25. The quantitative estimate of drug-likeness (QED) is 0.671. The lowest BCUT2D eigenvalue weighted by molar-refractivity contribution is 0.0833. The molecule has 8 heteroatoms. The van der Waals surface area contributed by atoms with Gasteiger partial charge >= 0.3 is 5.69 Å². The summed E-state index contributed by atoms with van der Waals surface area (Å²) in [4.78, 5) is 24.7. The molecular formula is C19H18N2O5S. The molecular weight excluding hydrogens is 368 g/mol. The molecule has 0 unspecified atom stereocenters. The Hall–Kier alpha value is -3.13. The number of ether oxygens (including phenoxy) is 1. The number of carbonyl (C=O) groups excluding carboxylic acids is 1. The van der Waals surface area contributed by atoms with Gasteiger partial charge in [0.05, 0.1) is 4.90 Å². The number of aryl methyl sites for hydroxylation is 2. The molecule has 3 aromatic rings. The molecule has 0 bridgehead atoms. The van der Waals surface area contributed by atoms with E-state index < -0.39 is 28.2 Å². The third-order valence-corrected chi connectivity index (χ3v) is 5.80. The van der Waals surface area contributed by atoms with E-state index in [1.54, 1.807) is 43.3 Å². The van der Waals surface area contributed by atoms with E-state index in [0.717, 1.165) is 28.1 Å². The minimum atomic E-state index is -4.10. The van der Waals surface area contributed by atoms with Gasteiger partial charge in [-0.05, 0) is 49.2 Å². The number of imidazole rings is 1. The van der Waals surface area contributed by atoms with Crippen LogP contribution in [0.2, 0.25) is 0 Å². The van der Waals surface area contributed by atoms with Crippen molar-refractivity contribution in [2.75, 3.05) is 6.61 Å². The average Bonchev–Trinajstić information content (AvgIpc) is 3.05. The predicted molar refractivity (Wildman–Crippen MR) is 99.8 cm³/mol. The summed E-state index contributed by atoms with van der Waals surface area (Å²) < 4.78 is 32.1. The SMILES string of the molecule is Cc1ccc(S(=O)(=O)n2ccn(C(=O)COc3ccccc3)c2=O)cc1C. The lowest BCUT2D eigenvalue weighted by Gasteiger charge is -2.07. The van der Waals surface area contributed by atoms with Gasteiger partial charge in [0, 0.05) is 12.4 Å². The molecule has 0 spiro atoms. The zero-order chi connectivity index (χ0) is 19.6. The van der Waals surface area contributed by atoms with Crippen LogP contribution in [0.4, 0.5) is 0 Å². The number of carbonyl (C=O) groups is 1. The van der Waals surface area contributed by atoms with Crippen molar-refractivity contribution in [2.24, 2.45) is 0 Å². The summed E-state index contributed by atoms with van der Waals surface area (Å²) in [6.07, 6.45) is 2.19. The van der Waals surface area contributed by atoms with Crippen LogP contribution in [-0.2, 0) is 10.0 Å². The molecule has 2 aromatic carbocycles. The Morgan fingerprint density at radius 2 is 1.70 bits per heavy atom. The molecule has 0 aliphatic heterocycles. The van der Waals surface area contributed by atoms with Crippen LogP contribution in [0, 0.1) is 13.8 Å². The summed E-state index contributed by atoms with van der Waals surface area (Å²) in [5, 5.41) is 0. The largest absolute Gasteiger partial charge is 0.484 e. The molecule has 1 aromatic heterocycles. The zero-order valence-corrected chi connectivity index (χ0v) is 15.6. The molecule has 1 heterocycles. The maximum absolute atomic E-state index is 12.7. The van der Waals surface area contributed by atoms with Crippen LogP contribution in [-0.4, -0.2) is 29.5 Å². The van der Waals surface area contributed by atoms with Crippen molar-refractivity contribution >= 4 is 15.9 Å². The molecule has 140 valence electrons. The van der Waals surface area contributed by atoms with E-state index in [1.165, 1.54) is 12.1 Å². The smallest absolute Gasteiger partial charge is 0.349 e. The summed E-state index contributed by atoms with van der Waals surface area (Å²) >= 11 is 0. The fourth-order valence-corrected chi connectivity index (χ4v) is 3.75. The molecule has 0 amide bonds. The van der Waals surface area contributed by atoms with Crippen molar-refractivity contribution in [3.8, 4) is 5.75 Å². The van der Waals surface area contributed by atoms with E-state index in [1.807, 2.05) is 6.92 Å². The highest BCUT2D eigenvalue weighted by Crippen LogP contribution is 2.16. The van der Waals surface area contributed by atoms with Crippen molar-refractivity contribution < 1.29 is 17.9 Å². The standard InChI is InChI=1S/C19H18N2O5S/c1-14-8-9-17(12-15(14)2)27(24,25)21-11-10-20(19(21)23)18(22)13-26-16-6-4-3-5-7-16/h3-12H,13H2,1-2H3. The molecule has 0 saturated heterocycles. The normalized spacial score (nSPS) is 11.3. The van der Waals surface area contributed by atoms with Gasteiger partial charge < -0.3 is 4.74 Å². The van der Waals surface area contributed by atoms with E-state index in [4.69, 9.17) is 4.74 Å². The Morgan fingerprint density at radius 3 is 2.37 bits per heavy atom. The Kier molecular flexibility index (Phi) is 5.00. The number of hydrogen-bond donors (Lipinski definition) is 0. The van der Waals surface area contributed by atoms with E-state index in [0.29, 0.717) is 9.72 Å². The van der Waals surface area contributed by atoms with Gasteiger partial charge in [0.25, 0.3) is 15.9 Å². The summed E-state index contributed by atoms with van der Waals surface area (Å²) in [7, 11) is -4.10. The minimum Gasteiger partial charge on any atom is -0.484 e. The van der Waals surface area contributed by atoms with Crippen molar-refractivity contribution in [2.45, 2.75) is 18.7 Å². The summed E-state index contributed by atoms with van der Waals surface area (Å²) in [5.74, 6) is -0.195. The molecule has 7 nitrogen and oxygen atoms in total. The molecule has 0 aliphatic carbocycles. The van der Waals surface area contributed by atoms with E-state index in [2.05, 4.69) is 0 Å². The summed E-state index contributed by atoms with van der Waals surface area (Å²) in [5.41, 5.74) is 0.762. The lowest BCUT2D eigenvalue weighted by Crippen LogP contribution is -2.34. The van der Waals surface area contributed by atoms with Crippen molar-refractivity contribution in [1.82, 2.24) is 8.54 Å². The Morgan fingerprint density at radius 1 is 1.00 bits per heavy atom. The molecule has 0 N–H and O–H groups in total. The van der Waals surface area contributed by atoms with Crippen molar-refractivity contribution in [1.29, 1.82) is 0 Å². The number of hydrogen-bond acceptors (Lipinski definition) is 5. The van der Waals surface area contributed by atoms with Crippen LogP contribution >= 0.6 is 0 Å². The Labute approximate surface area is 156 Å². The molecule has 0 fully saturated rings. The van der Waals surface area contributed by atoms with Crippen molar-refractivity contribution in [3.63, 3.8) is 0 Å². The second kappa shape index (κ2) is 7.24. The van der Waals surface area contributed by atoms with Gasteiger partial charge in [-0.1, -0.05) is 24.3 Å². The second-order valence-corrected chi connectivity index (χ2v) is 7.81. The number of benzene rings is 2. The first-order valence-corrected chi connectivity index (χ1v) is 9.58. The third kappa shape index (κ3) is 3.70. The molecule has 0 atom stereocenters. The molecule has 3 rings (SSSR count). The van der Waals surface area contributed by atoms with E-state index >= 15 is 0 Å². The van der Waals surface area contributed by atoms with Gasteiger partial charge in [0.15, 0.2) is 6.61 Å². The fourth-order valence-electron chi connectivity index (χ4n) is 2.45. The topological polar surface area (TPSA) is 87.4 Å². The Balaban J connectivity index is 1.87. The van der Waals surface area contributed by atoms with Crippen LogP contribution in [0.1, 0.15) is 15.9 Å². The summed E-state index contributed by atoms with van der Waals surface area (Å²) in [6, 6.07) is 13.2. The fraction of sp³-hybridized carbons (Fsp3) is 0.158. The van der Waals surface area contributed by atoms with Crippen molar-refractivity contribution in [3.05, 3.63) is 82.5 Å². The third-order valence-electron chi connectivity index (χ3n) is 4.16. The molecule has 0 aliphatic rings. The van der Waals surface area contributed by atoms with E-state index in [9.17, 15) is 18.0 Å².